The number of nitrogens with zero attached hydrogens (tertiary/aromatic N) is 1. The molecule has 5 heterocycles. The molecular formula is C31H54NO21+. The van der Waals surface area contributed by atoms with Gasteiger partial charge in [0.25, 0.3) is 0 Å². The summed E-state index contributed by atoms with van der Waals surface area (Å²) in [6.45, 7) is 3.69. The van der Waals surface area contributed by atoms with Crippen LogP contribution in [0.1, 0.15) is 27.7 Å². The van der Waals surface area contributed by atoms with Crippen molar-refractivity contribution < 1.29 is 109 Å². The van der Waals surface area contributed by atoms with E-state index in [4.69, 9.17) is 42.6 Å². The second-order valence-electron chi connectivity index (χ2n) is 14.9. The average Bonchev–Trinajstić information content (AvgIpc) is 3.49. The number of aliphatic hydroxyl groups excluding tert-OH is 11. The van der Waals surface area contributed by atoms with E-state index in [1.807, 2.05) is 0 Å². The predicted octanol–water partition coefficient (Wildman–Crippen LogP) is -7.02. The van der Waals surface area contributed by atoms with Crippen molar-refractivity contribution >= 4 is 6.40 Å². The fraction of sp³-hybridized carbons (Fsp3) is 0.968. The number of hydrogen-bond donors (Lipinski definition) is 12. The minimum absolute atomic E-state index is 0.266. The molecule has 4 fully saturated rings. The number of rotatable bonds is 12. The van der Waals surface area contributed by atoms with Crippen LogP contribution in [-0.2, 0) is 42.6 Å². The van der Waals surface area contributed by atoms with E-state index in [-0.39, 0.29) is 18.0 Å². The van der Waals surface area contributed by atoms with Crippen molar-refractivity contribution in [1.82, 2.24) is 0 Å². The van der Waals surface area contributed by atoms with Gasteiger partial charge in [0.15, 0.2) is 18.7 Å². The largest absolute Gasteiger partial charge is 0.444 e. The van der Waals surface area contributed by atoms with Crippen molar-refractivity contribution in [2.75, 3.05) is 33.0 Å². The highest BCUT2D eigenvalue weighted by atomic mass is 16.8. The molecule has 0 aromatic heterocycles. The Morgan fingerprint density at radius 1 is 0.604 bits per heavy atom. The molecule has 19 atom stereocenters. The molecule has 0 spiro atoms. The maximum absolute atomic E-state index is 11.3. The molecule has 0 aromatic carbocycles. The third-order valence-corrected chi connectivity index (χ3v) is 10.2. The maximum atomic E-state index is 11.3. The summed E-state index contributed by atoms with van der Waals surface area (Å²) >= 11 is 0. The lowest BCUT2D eigenvalue weighted by Gasteiger charge is -2.50. The molecule has 0 amide bonds. The highest BCUT2D eigenvalue weighted by Crippen LogP contribution is 2.38. The standard InChI is InChI=1S/C31H54NO21/c1-30(2,52-14-8-45-10-32(44)27(43)19(14)39)25-20(40)18(38)15(9-47-25)53-31(3,4)26-24(51-29-22(42)17(37)13(6-34)49-29)23(11(35)7-46-26)50-28-21(41)16(36)12(5-33)48-28/h10-29,33-44H,5-9H2,1-4H3/q+1/t11-,12+,13+,14-,15-,16?,17?,18?,19?,20?,21?,22?,23?,24?,25-,26-,27?,28+,29+/m1/s1. The van der Waals surface area contributed by atoms with Crippen LogP contribution in [-0.4, -0.2) is 233 Å². The minimum Gasteiger partial charge on any atom is -0.444 e. The number of hydrogen-bond acceptors (Lipinski definition) is 21. The summed E-state index contributed by atoms with van der Waals surface area (Å²) in [6.07, 6.45) is -27.4. The monoisotopic (exact) mass is 776 g/mol. The van der Waals surface area contributed by atoms with Gasteiger partial charge >= 0.3 is 12.6 Å². The third-order valence-electron chi connectivity index (χ3n) is 10.2. The maximum Gasteiger partial charge on any atom is 0.376 e. The zero-order chi connectivity index (χ0) is 39.2. The highest BCUT2D eigenvalue weighted by molar-refractivity contribution is 5.39. The van der Waals surface area contributed by atoms with Gasteiger partial charge in [0.05, 0.1) is 37.6 Å². The molecule has 12 N–H and O–H groups in total. The van der Waals surface area contributed by atoms with Gasteiger partial charge in [-0.15, -0.1) is 0 Å². The molecular weight excluding hydrogens is 722 g/mol. The summed E-state index contributed by atoms with van der Waals surface area (Å²) in [7, 11) is 0. The van der Waals surface area contributed by atoms with Gasteiger partial charge in [-0.1, -0.05) is 0 Å². The van der Waals surface area contributed by atoms with Crippen LogP contribution in [0.25, 0.3) is 0 Å². The van der Waals surface area contributed by atoms with Gasteiger partial charge in [0.1, 0.15) is 98.2 Å². The van der Waals surface area contributed by atoms with E-state index in [9.17, 15) is 61.4 Å². The highest BCUT2D eigenvalue weighted by Gasteiger charge is 2.57. The zero-order valence-electron chi connectivity index (χ0n) is 29.6. The smallest absolute Gasteiger partial charge is 0.376 e. The Hall–Kier alpha value is -1.49. The van der Waals surface area contributed by atoms with E-state index in [1.165, 1.54) is 27.7 Å². The summed E-state index contributed by atoms with van der Waals surface area (Å²) in [5.41, 5.74) is -2.97. The molecule has 0 saturated carbocycles. The fourth-order valence-electron chi connectivity index (χ4n) is 7.21. The Bertz CT molecular complexity index is 1230. The van der Waals surface area contributed by atoms with Crippen LogP contribution in [0.3, 0.4) is 0 Å². The molecule has 5 aliphatic rings. The Morgan fingerprint density at radius 2 is 1.09 bits per heavy atom. The summed E-state index contributed by atoms with van der Waals surface area (Å²) in [4.78, 5) is 0. The second-order valence-corrected chi connectivity index (χ2v) is 14.9. The van der Waals surface area contributed by atoms with Gasteiger partial charge < -0.3 is 98.8 Å². The first kappa shape index (κ1) is 42.6. The first-order valence-corrected chi connectivity index (χ1v) is 17.3. The molecule has 4 saturated heterocycles. The van der Waals surface area contributed by atoms with Crippen molar-refractivity contribution in [1.29, 1.82) is 0 Å². The molecule has 5 rings (SSSR count). The lowest BCUT2D eigenvalue weighted by atomic mass is 9.86. The molecule has 10 unspecified atom stereocenters. The molecule has 53 heavy (non-hydrogen) atoms. The Morgan fingerprint density at radius 3 is 1.62 bits per heavy atom. The van der Waals surface area contributed by atoms with Gasteiger partial charge in [-0.3, -0.25) is 5.21 Å². The Balaban J connectivity index is 1.32. The summed E-state index contributed by atoms with van der Waals surface area (Å²) in [5.74, 6) is 0. The van der Waals surface area contributed by atoms with Crippen LogP contribution < -0.4 is 0 Å². The molecule has 0 aliphatic carbocycles. The normalized spacial score (nSPS) is 47.2. The number of hydroxylamine groups is 1. The molecule has 308 valence electrons. The number of aliphatic hydroxyl groups is 11. The summed E-state index contributed by atoms with van der Waals surface area (Å²) in [5, 5.41) is 125. The van der Waals surface area contributed by atoms with Gasteiger partial charge in [-0.05, 0) is 27.7 Å². The van der Waals surface area contributed by atoms with E-state index in [1.54, 1.807) is 0 Å². The van der Waals surface area contributed by atoms with Crippen molar-refractivity contribution in [2.45, 2.75) is 155 Å². The lowest BCUT2D eigenvalue weighted by molar-refractivity contribution is -0.828. The van der Waals surface area contributed by atoms with Crippen LogP contribution in [0, 0.1) is 0 Å². The SMILES string of the molecule is CC(C)(O[C@@H]1COC=[N+](O)C(O)C1O)[C@@H]1OC[C@@H](OC(C)(C)[C@@H]2OC[C@@H](O)C(O[C@@H]3O[C@@H](CO)C(O)C3O)C2O[C@@H]2O[C@@H](CO)C(O)C2O)C(O)C1O. The van der Waals surface area contributed by atoms with Gasteiger partial charge in [-0.25, -0.2) is 0 Å². The van der Waals surface area contributed by atoms with E-state index < -0.39 is 147 Å². The lowest BCUT2D eigenvalue weighted by Crippen LogP contribution is -2.67. The Kier molecular flexibility index (Phi) is 13.6. The first-order chi connectivity index (χ1) is 24.8. The van der Waals surface area contributed by atoms with Crippen molar-refractivity contribution in [2.24, 2.45) is 0 Å². The molecule has 22 heteroatoms. The first-order valence-electron chi connectivity index (χ1n) is 17.3. The van der Waals surface area contributed by atoms with Gasteiger partial charge in [-0.2, -0.15) is 0 Å². The zero-order valence-corrected chi connectivity index (χ0v) is 29.6. The molecule has 0 radical (unpaired) electrons. The van der Waals surface area contributed by atoms with Crippen molar-refractivity contribution in [3.63, 3.8) is 0 Å². The second kappa shape index (κ2) is 16.9. The molecule has 0 bridgehead atoms. The van der Waals surface area contributed by atoms with Gasteiger partial charge in [0, 0.05) is 4.74 Å². The third kappa shape index (κ3) is 8.76. The van der Waals surface area contributed by atoms with Crippen molar-refractivity contribution in [3.8, 4) is 0 Å². The molecule has 22 nitrogen and oxygen atoms in total. The number of ether oxygens (including phenoxy) is 9. The quantitative estimate of drug-likeness (QED) is 0.0647. The Labute approximate surface area is 303 Å². The van der Waals surface area contributed by atoms with Crippen molar-refractivity contribution in [3.05, 3.63) is 0 Å². The summed E-state index contributed by atoms with van der Waals surface area (Å²) < 4.78 is 52.5. The van der Waals surface area contributed by atoms with Crippen LogP contribution >= 0.6 is 0 Å². The van der Waals surface area contributed by atoms with E-state index in [0.29, 0.717) is 0 Å². The van der Waals surface area contributed by atoms with E-state index >= 15 is 0 Å². The minimum atomic E-state index is -1.79. The van der Waals surface area contributed by atoms with E-state index in [2.05, 4.69) is 0 Å². The van der Waals surface area contributed by atoms with Crippen LogP contribution in [0.4, 0.5) is 0 Å². The molecule has 0 aromatic rings. The van der Waals surface area contributed by atoms with E-state index in [0.717, 1.165) is 6.40 Å². The average molecular weight is 777 g/mol. The fourth-order valence-corrected chi connectivity index (χ4v) is 7.21. The van der Waals surface area contributed by atoms with Crippen LogP contribution in [0.5, 0.6) is 0 Å². The summed E-state index contributed by atoms with van der Waals surface area (Å²) in [6, 6.07) is 0. The topological polar surface area (TPSA) is 329 Å². The predicted molar refractivity (Wildman–Crippen MR) is 167 cm³/mol. The van der Waals surface area contributed by atoms with Gasteiger partial charge in [0.2, 0.25) is 0 Å². The molecule has 5 aliphatic heterocycles. The van der Waals surface area contributed by atoms with Crippen LogP contribution in [0.2, 0.25) is 0 Å². The van der Waals surface area contributed by atoms with Crippen LogP contribution in [0.15, 0.2) is 0 Å².